The topological polar surface area (TPSA) is 43.8 Å². The van der Waals surface area contributed by atoms with E-state index in [4.69, 9.17) is 5.11 Å². The fraction of sp³-hybridized carbons (Fsp3) is 0.667. The highest BCUT2D eigenvalue weighted by molar-refractivity contribution is 5.69. The molecular weight excluding hydrogens is 312 g/mol. The van der Waals surface area contributed by atoms with Crippen molar-refractivity contribution in [3.8, 4) is 0 Å². The van der Waals surface area contributed by atoms with Crippen molar-refractivity contribution in [1.82, 2.24) is 9.80 Å². The van der Waals surface area contributed by atoms with E-state index in [-0.39, 0.29) is 6.54 Å². The van der Waals surface area contributed by atoms with Gasteiger partial charge in [0.2, 0.25) is 0 Å². The summed E-state index contributed by atoms with van der Waals surface area (Å²) in [6.45, 7) is 8.04. The predicted octanol–water partition coefficient (Wildman–Crippen LogP) is 3.69. The van der Waals surface area contributed by atoms with E-state index in [1.807, 2.05) is 11.9 Å². The van der Waals surface area contributed by atoms with Crippen LogP contribution in [0.4, 0.5) is 0 Å². The second-order valence-corrected chi connectivity index (χ2v) is 7.93. The van der Waals surface area contributed by atoms with E-state index in [1.54, 1.807) is 0 Å². The van der Waals surface area contributed by atoms with E-state index in [2.05, 4.69) is 49.1 Å². The lowest BCUT2D eigenvalue weighted by Gasteiger charge is -2.28. The van der Waals surface area contributed by atoms with Crippen molar-refractivity contribution in [3.05, 3.63) is 35.9 Å². The van der Waals surface area contributed by atoms with Gasteiger partial charge in [0.1, 0.15) is 0 Å². The zero-order chi connectivity index (χ0) is 18.2. The van der Waals surface area contributed by atoms with Crippen LogP contribution in [0.25, 0.3) is 0 Å². The van der Waals surface area contributed by atoms with Crippen LogP contribution in [-0.2, 0) is 4.79 Å². The maximum atomic E-state index is 11.0. The van der Waals surface area contributed by atoms with E-state index in [9.17, 15) is 4.79 Å². The minimum Gasteiger partial charge on any atom is -0.480 e. The van der Waals surface area contributed by atoms with Crippen molar-refractivity contribution in [2.75, 3.05) is 33.2 Å². The summed E-state index contributed by atoms with van der Waals surface area (Å²) in [6.07, 6.45) is 4.52. The Kier molecular flexibility index (Phi) is 7.91. The molecule has 140 valence electrons. The molecule has 1 heterocycles. The molecule has 0 bridgehead atoms. The molecule has 1 saturated heterocycles. The number of hydrogen-bond donors (Lipinski definition) is 1. The zero-order valence-electron chi connectivity index (χ0n) is 16.0. The largest absolute Gasteiger partial charge is 0.480 e. The number of benzene rings is 1. The monoisotopic (exact) mass is 346 g/mol. The van der Waals surface area contributed by atoms with Gasteiger partial charge in [-0.25, -0.2) is 0 Å². The molecule has 0 saturated carbocycles. The Morgan fingerprint density at radius 2 is 1.96 bits per heavy atom. The van der Waals surface area contributed by atoms with Crippen LogP contribution >= 0.6 is 0 Å². The molecule has 1 aromatic rings. The fourth-order valence-electron chi connectivity index (χ4n) is 4.03. The number of carboxylic acid groups (broad SMARTS) is 1. The van der Waals surface area contributed by atoms with E-state index in [0.717, 1.165) is 38.9 Å². The van der Waals surface area contributed by atoms with Crippen LogP contribution in [0.1, 0.15) is 51.0 Å². The van der Waals surface area contributed by atoms with Gasteiger partial charge in [0, 0.05) is 12.6 Å². The van der Waals surface area contributed by atoms with Crippen LogP contribution in [0, 0.1) is 5.92 Å². The van der Waals surface area contributed by atoms with Gasteiger partial charge in [-0.05, 0) is 63.2 Å². The lowest BCUT2D eigenvalue weighted by atomic mass is 9.90. The highest BCUT2D eigenvalue weighted by atomic mass is 16.4. The van der Waals surface area contributed by atoms with Crippen LogP contribution < -0.4 is 0 Å². The fourth-order valence-corrected chi connectivity index (χ4v) is 4.03. The summed E-state index contributed by atoms with van der Waals surface area (Å²) < 4.78 is 0. The van der Waals surface area contributed by atoms with E-state index >= 15 is 0 Å². The maximum Gasteiger partial charge on any atom is 0.317 e. The molecule has 0 amide bonds. The molecule has 0 radical (unpaired) electrons. The number of carbonyl (C=O) groups is 1. The van der Waals surface area contributed by atoms with Crippen molar-refractivity contribution in [1.29, 1.82) is 0 Å². The van der Waals surface area contributed by atoms with Crippen LogP contribution in [-0.4, -0.2) is 60.1 Å². The molecule has 1 fully saturated rings. The molecule has 0 spiro atoms. The third-order valence-electron chi connectivity index (χ3n) is 5.30. The van der Waals surface area contributed by atoms with Gasteiger partial charge in [0.15, 0.2) is 0 Å². The highest BCUT2D eigenvalue weighted by Crippen LogP contribution is 2.26. The molecule has 2 atom stereocenters. The van der Waals surface area contributed by atoms with Crippen molar-refractivity contribution < 1.29 is 9.90 Å². The highest BCUT2D eigenvalue weighted by Gasteiger charge is 2.24. The first kappa shape index (κ1) is 19.9. The number of nitrogens with zero attached hydrogens (tertiary/aromatic N) is 2. The molecule has 4 nitrogen and oxygen atoms in total. The molecule has 25 heavy (non-hydrogen) atoms. The first-order valence-electron chi connectivity index (χ1n) is 9.65. The number of hydrogen-bond acceptors (Lipinski definition) is 3. The minimum absolute atomic E-state index is 0.144. The third-order valence-corrected chi connectivity index (χ3v) is 5.30. The van der Waals surface area contributed by atoms with Gasteiger partial charge in [-0.15, -0.1) is 0 Å². The van der Waals surface area contributed by atoms with Gasteiger partial charge in [-0.2, -0.15) is 0 Å². The second kappa shape index (κ2) is 9.93. The average Bonchev–Trinajstić information content (AvgIpc) is 2.80. The van der Waals surface area contributed by atoms with Crippen LogP contribution in [0.15, 0.2) is 30.3 Å². The van der Waals surface area contributed by atoms with Gasteiger partial charge in [-0.1, -0.05) is 44.2 Å². The SMILES string of the molecule is CC(C)CC(CN1CCCC(N(C)CC(=O)O)CC1)c1ccccc1. The Bertz CT molecular complexity index is 518. The van der Waals surface area contributed by atoms with Gasteiger partial charge in [0.05, 0.1) is 6.54 Å². The molecule has 0 aromatic heterocycles. The summed E-state index contributed by atoms with van der Waals surface area (Å²) in [6, 6.07) is 11.3. The molecule has 1 aliphatic rings. The predicted molar refractivity (Wildman–Crippen MR) is 103 cm³/mol. The van der Waals surface area contributed by atoms with Gasteiger partial charge < -0.3 is 10.0 Å². The third kappa shape index (κ3) is 6.79. The Morgan fingerprint density at radius 1 is 1.24 bits per heavy atom. The van der Waals surface area contributed by atoms with E-state index in [1.165, 1.54) is 12.0 Å². The summed E-state index contributed by atoms with van der Waals surface area (Å²) >= 11 is 0. The van der Waals surface area contributed by atoms with Crippen LogP contribution in [0.2, 0.25) is 0 Å². The van der Waals surface area contributed by atoms with Crippen molar-refractivity contribution in [2.24, 2.45) is 5.92 Å². The quantitative estimate of drug-likeness (QED) is 0.780. The smallest absolute Gasteiger partial charge is 0.317 e. The van der Waals surface area contributed by atoms with E-state index < -0.39 is 5.97 Å². The lowest BCUT2D eigenvalue weighted by Crippen LogP contribution is -2.37. The summed E-state index contributed by atoms with van der Waals surface area (Å²) in [5.74, 6) is 0.533. The Labute approximate surface area is 152 Å². The standard InChI is InChI=1S/C21H34N2O2/c1-17(2)14-19(18-8-5-4-6-9-18)15-23-12-7-10-20(11-13-23)22(3)16-21(24)25/h4-6,8-9,17,19-20H,7,10-16H2,1-3H3,(H,24,25). The summed E-state index contributed by atoms with van der Waals surface area (Å²) in [4.78, 5) is 15.6. The first-order chi connectivity index (χ1) is 12.0. The van der Waals surface area contributed by atoms with Gasteiger partial charge >= 0.3 is 5.97 Å². The summed E-state index contributed by atoms with van der Waals surface area (Å²) in [7, 11) is 1.94. The number of aliphatic carboxylic acids is 1. The molecule has 0 aliphatic carbocycles. The van der Waals surface area contributed by atoms with Crippen molar-refractivity contribution >= 4 is 5.97 Å². The average molecular weight is 347 g/mol. The number of likely N-dealkylation sites (tertiary alicyclic amines) is 1. The zero-order valence-corrected chi connectivity index (χ0v) is 16.0. The lowest BCUT2D eigenvalue weighted by molar-refractivity contribution is -0.138. The number of rotatable bonds is 8. The Morgan fingerprint density at radius 3 is 2.60 bits per heavy atom. The summed E-state index contributed by atoms with van der Waals surface area (Å²) in [5.41, 5.74) is 1.44. The molecule has 2 rings (SSSR count). The maximum absolute atomic E-state index is 11.0. The second-order valence-electron chi connectivity index (χ2n) is 7.93. The number of likely N-dealkylation sites (N-methyl/N-ethyl adjacent to an activating group) is 1. The van der Waals surface area contributed by atoms with Gasteiger partial charge in [-0.3, -0.25) is 9.69 Å². The Balaban J connectivity index is 1.95. The van der Waals surface area contributed by atoms with E-state index in [0.29, 0.717) is 17.9 Å². The van der Waals surface area contributed by atoms with Crippen LogP contribution in [0.5, 0.6) is 0 Å². The number of carboxylic acids is 1. The van der Waals surface area contributed by atoms with Crippen molar-refractivity contribution in [3.63, 3.8) is 0 Å². The summed E-state index contributed by atoms with van der Waals surface area (Å²) in [5, 5.41) is 9.01. The Hall–Kier alpha value is -1.39. The molecule has 4 heteroatoms. The molecular formula is C21H34N2O2. The molecule has 1 N–H and O–H groups in total. The van der Waals surface area contributed by atoms with Crippen molar-refractivity contribution in [2.45, 2.75) is 51.5 Å². The van der Waals surface area contributed by atoms with Crippen LogP contribution in [0.3, 0.4) is 0 Å². The minimum atomic E-state index is -0.732. The first-order valence-corrected chi connectivity index (χ1v) is 9.65. The van der Waals surface area contributed by atoms with Gasteiger partial charge in [0.25, 0.3) is 0 Å². The molecule has 2 unspecified atom stereocenters. The normalized spacial score (nSPS) is 20.6. The molecule has 1 aliphatic heterocycles. The molecule has 1 aromatic carbocycles.